The third-order valence-corrected chi connectivity index (χ3v) is 4.80. The highest BCUT2D eigenvalue weighted by atomic mass is 16.3. The lowest BCUT2D eigenvalue weighted by Gasteiger charge is -2.39. The van der Waals surface area contributed by atoms with Crippen molar-refractivity contribution in [3.63, 3.8) is 0 Å². The van der Waals surface area contributed by atoms with Crippen LogP contribution in [0.1, 0.15) is 51.2 Å². The van der Waals surface area contributed by atoms with Crippen LogP contribution >= 0.6 is 0 Å². The van der Waals surface area contributed by atoms with E-state index in [-0.39, 0.29) is 22.3 Å². The average molecular weight is 234 g/mol. The molecule has 2 N–H and O–H groups in total. The summed E-state index contributed by atoms with van der Waals surface area (Å²) in [7, 11) is 0. The molecule has 1 saturated carbocycles. The van der Waals surface area contributed by atoms with Gasteiger partial charge in [-0.1, -0.05) is 33.3 Å². The summed E-state index contributed by atoms with van der Waals surface area (Å²) >= 11 is 0. The quantitative estimate of drug-likeness (QED) is 0.724. The van der Waals surface area contributed by atoms with Gasteiger partial charge in [-0.05, 0) is 36.8 Å². The lowest BCUT2D eigenvalue weighted by Crippen LogP contribution is -2.34. The lowest BCUT2D eigenvalue weighted by atomic mass is 9.65. The van der Waals surface area contributed by atoms with E-state index in [2.05, 4.69) is 20.8 Å². The number of hydrogen-bond acceptors (Lipinski definition) is 2. The minimum Gasteiger partial charge on any atom is -0.504 e. The highest BCUT2D eigenvalue weighted by Crippen LogP contribution is 2.56. The zero-order valence-corrected chi connectivity index (χ0v) is 11.2. The van der Waals surface area contributed by atoms with Crippen molar-refractivity contribution < 1.29 is 10.2 Å². The molecule has 17 heavy (non-hydrogen) atoms. The van der Waals surface area contributed by atoms with Crippen LogP contribution in [-0.2, 0) is 5.41 Å². The third kappa shape index (κ3) is 1.70. The highest BCUT2D eigenvalue weighted by Gasteiger charge is 2.47. The summed E-state index contributed by atoms with van der Waals surface area (Å²) in [5, 5.41) is 19.9. The molecule has 1 aliphatic carbocycles. The summed E-state index contributed by atoms with van der Waals surface area (Å²) in [5.41, 5.74) is 2.00. The van der Waals surface area contributed by atoms with Crippen LogP contribution in [0.25, 0.3) is 0 Å². The Morgan fingerprint density at radius 3 is 2.24 bits per heavy atom. The molecule has 2 nitrogen and oxygen atoms in total. The molecule has 94 valence electrons. The molecule has 1 atom stereocenters. The maximum Gasteiger partial charge on any atom is 0.161 e. The molecule has 1 aromatic carbocycles. The zero-order chi connectivity index (χ0) is 12.8. The Labute approximate surface area is 103 Å². The van der Waals surface area contributed by atoms with Gasteiger partial charge in [-0.15, -0.1) is 0 Å². The van der Waals surface area contributed by atoms with Crippen molar-refractivity contribution >= 4 is 0 Å². The van der Waals surface area contributed by atoms with E-state index in [1.165, 1.54) is 6.42 Å². The van der Waals surface area contributed by atoms with Crippen LogP contribution in [0.2, 0.25) is 0 Å². The van der Waals surface area contributed by atoms with E-state index in [4.69, 9.17) is 0 Å². The summed E-state index contributed by atoms with van der Waals surface area (Å²) in [4.78, 5) is 0. The fraction of sp³-hybridized carbons (Fsp3) is 0.600. The van der Waals surface area contributed by atoms with Crippen molar-refractivity contribution in [2.45, 2.75) is 52.4 Å². The second kappa shape index (κ2) is 3.66. The molecule has 0 radical (unpaired) electrons. The summed E-state index contributed by atoms with van der Waals surface area (Å²) in [5.74, 6) is 0.0667. The highest BCUT2D eigenvalue weighted by molar-refractivity contribution is 5.51. The van der Waals surface area contributed by atoms with Gasteiger partial charge >= 0.3 is 0 Å². The molecule has 0 heterocycles. The number of hydrogen-bond donors (Lipinski definition) is 2. The Bertz CT molecular complexity index is 448. The van der Waals surface area contributed by atoms with E-state index in [0.717, 1.165) is 24.0 Å². The van der Waals surface area contributed by atoms with E-state index < -0.39 is 0 Å². The van der Waals surface area contributed by atoms with Crippen molar-refractivity contribution in [3.8, 4) is 11.5 Å². The average Bonchev–Trinajstić information content (AvgIpc) is 2.48. The van der Waals surface area contributed by atoms with Gasteiger partial charge in [-0.2, -0.15) is 0 Å². The molecular weight excluding hydrogens is 212 g/mol. The van der Waals surface area contributed by atoms with Crippen molar-refractivity contribution in [2.75, 3.05) is 0 Å². The van der Waals surface area contributed by atoms with Crippen LogP contribution in [0.3, 0.4) is 0 Å². The normalized spacial score (nSPS) is 27.3. The van der Waals surface area contributed by atoms with Crippen molar-refractivity contribution in [1.82, 2.24) is 0 Å². The van der Waals surface area contributed by atoms with Gasteiger partial charge in [-0.25, -0.2) is 0 Å². The molecule has 1 aliphatic rings. The van der Waals surface area contributed by atoms with Gasteiger partial charge in [0.1, 0.15) is 0 Å². The predicted molar refractivity (Wildman–Crippen MR) is 69.5 cm³/mol. The Morgan fingerprint density at radius 1 is 1.06 bits per heavy atom. The number of rotatable bonds is 1. The summed E-state index contributed by atoms with van der Waals surface area (Å²) in [6.07, 6.45) is 3.41. The zero-order valence-electron chi connectivity index (χ0n) is 11.2. The first-order chi connectivity index (χ1) is 7.78. The number of phenols is 2. The molecule has 2 rings (SSSR count). The van der Waals surface area contributed by atoms with E-state index >= 15 is 0 Å². The van der Waals surface area contributed by atoms with Gasteiger partial charge in [0.05, 0.1) is 0 Å². The third-order valence-electron chi connectivity index (χ3n) is 4.80. The number of phenolic OH excluding ortho intramolecular Hbond substituents is 2. The molecule has 0 aromatic heterocycles. The van der Waals surface area contributed by atoms with Crippen molar-refractivity contribution in [3.05, 3.63) is 23.3 Å². The van der Waals surface area contributed by atoms with Crippen LogP contribution in [-0.4, -0.2) is 10.2 Å². The standard InChI is InChI=1S/C15H22O2/c1-10-8-11(13(17)12(16)9-10)15(4)7-5-6-14(15,2)3/h8-9,16-17H,5-7H2,1-4H3/t15-/m1/s1. The Kier molecular flexibility index (Phi) is 2.64. The van der Waals surface area contributed by atoms with E-state index in [1.807, 2.05) is 13.0 Å². The second-order valence-corrected chi connectivity index (χ2v) is 6.25. The molecular formula is C15H22O2. The number of benzene rings is 1. The van der Waals surface area contributed by atoms with E-state index in [1.54, 1.807) is 6.07 Å². The van der Waals surface area contributed by atoms with Gasteiger partial charge < -0.3 is 10.2 Å². The van der Waals surface area contributed by atoms with Gasteiger partial charge in [0, 0.05) is 11.0 Å². The Balaban J connectivity index is 2.61. The molecule has 0 spiro atoms. The fourth-order valence-corrected chi connectivity index (χ4v) is 3.18. The first kappa shape index (κ1) is 12.3. The van der Waals surface area contributed by atoms with Crippen LogP contribution in [0, 0.1) is 12.3 Å². The number of aryl methyl sites for hydroxylation is 1. The summed E-state index contributed by atoms with van der Waals surface area (Å²) in [6, 6.07) is 3.63. The molecule has 1 aromatic rings. The molecule has 2 heteroatoms. The summed E-state index contributed by atoms with van der Waals surface area (Å²) < 4.78 is 0. The predicted octanol–water partition coefficient (Wildman–Crippen LogP) is 3.87. The molecule has 0 bridgehead atoms. The molecule has 0 amide bonds. The van der Waals surface area contributed by atoms with E-state index in [0.29, 0.717) is 0 Å². The van der Waals surface area contributed by atoms with Crippen LogP contribution < -0.4 is 0 Å². The minimum atomic E-state index is -0.0550. The van der Waals surface area contributed by atoms with Gasteiger partial charge in [-0.3, -0.25) is 0 Å². The van der Waals surface area contributed by atoms with Crippen molar-refractivity contribution in [1.29, 1.82) is 0 Å². The smallest absolute Gasteiger partial charge is 0.161 e. The van der Waals surface area contributed by atoms with E-state index in [9.17, 15) is 10.2 Å². The second-order valence-electron chi connectivity index (χ2n) is 6.25. The van der Waals surface area contributed by atoms with Crippen LogP contribution in [0.15, 0.2) is 12.1 Å². The molecule has 0 unspecified atom stereocenters. The Hall–Kier alpha value is -1.18. The Morgan fingerprint density at radius 2 is 1.71 bits per heavy atom. The van der Waals surface area contributed by atoms with Gasteiger partial charge in [0.25, 0.3) is 0 Å². The monoisotopic (exact) mass is 234 g/mol. The molecule has 1 fully saturated rings. The van der Waals surface area contributed by atoms with Crippen molar-refractivity contribution in [2.24, 2.45) is 5.41 Å². The maximum atomic E-state index is 10.1. The minimum absolute atomic E-state index is 0.00363. The SMILES string of the molecule is Cc1cc(O)c(O)c([C@@]2(C)CCCC2(C)C)c1. The van der Waals surface area contributed by atoms with Crippen LogP contribution in [0.4, 0.5) is 0 Å². The van der Waals surface area contributed by atoms with Gasteiger partial charge in [0.15, 0.2) is 11.5 Å². The largest absolute Gasteiger partial charge is 0.504 e. The molecule has 0 saturated heterocycles. The fourth-order valence-electron chi connectivity index (χ4n) is 3.18. The lowest BCUT2D eigenvalue weighted by molar-refractivity contribution is 0.217. The van der Waals surface area contributed by atoms with Crippen LogP contribution in [0.5, 0.6) is 11.5 Å². The first-order valence-electron chi connectivity index (χ1n) is 6.31. The first-order valence-corrected chi connectivity index (χ1v) is 6.31. The van der Waals surface area contributed by atoms with Gasteiger partial charge in [0.2, 0.25) is 0 Å². The molecule has 0 aliphatic heterocycles. The number of aromatic hydroxyl groups is 2. The summed E-state index contributed by atoms with van der Waals surface area (Å²) in [6.45, 7) is 8.65. The topological polar surface area (TPSA) is 40.5 Å². The maximum absolute atomic E-state index is 10.1.